The Kier molecular flexibility index (Phi) is 5.17. The number of fused-ring (bicyclic) bond motifs is 2. The number of hydrogen-bond donors (Lipinski definition) is 1. The third kappa shape index (κ3) is 2.56. The predicted octanol–water partition coefficient (Wildman–Crippen LogP) is 7.77. The first-order valence-electron chi connectivity index (χ1n) is 14.2. The summed E-state index contributed by atoms with van der Waals surface area (Å²) in [6.45, 7) is 19.9. The lowest BCUT2D eigenvalue weighted by Crippen LogP contribution is -2.66. The standard InChI is InChI=1S/C30H52O2/c1-20(2)10-9-11-21(3)22-12-16-28(8)26(22,6)18-19-29-27(7)15-14-24(31)25(4,5)23(27)13-17-30(28,29)32-29/h20-24,31H,9-19H2,1-8H3/t21-,22-,23+,24+,26-,27+,28-,29+,30+/m1/s1. The molecule has 0 aromatic carbocycles. The molecule has 5 rings (SSSR count). The number of hydrogen-bond acceptors (Lipinski definition) is 2. The van der Waals surface area contributed by atoms with Crippen LogP contribution in [0.5, 0.6) is 0 Å². The lowest BCUT2D eigenvalue weighted by molar-refractivity contribution is -0.158. The molecule has 0 bridgehead atoms. The largest absolute Gasteiger partial charge is 0.393 e. The van der Waals surface area contributed by atoms with Crippen LogP contribution in [0.25, 0.3) is 0 Å². The average Bonchev–Trinajstić information content (AvgIpc) is 3.34. The fourth-order valence-corrected chi connectivity index (χ4v) is 11.0. The SMILES string of the molecule is CC(C)CCC[C@@H](C)[C@H]1CC[C@@]2(C)[C@@]34CC[C@H]5C(C)(C)[C@@H](O)CC[C@]5(C)[C@]3(CC[C@]12C)O4. The van der Waals surface area contributed by atoms with Crippen LogP contribution in [0.2, 0.25) is 0 Å². The van der Waals surface area contributed by atoms with Crippen molar-refractivity contribution in [1.29, 1.82) is 0 Å². The maximum atomic E-state index is 10.9. The highest BCUT2D eigenvalue weighted by atomic mass is 16.6. The van der Waals surface area contributed by atoms with Crippen molar-refractivity contribution >= 4 is 0 Å². The average molecular weight is 445 g/mol. The van der Waals surface area contributed by atoms with Gasteiger partial charge in [-0.15, -0.1) is 0 Å². The lowest BCUT2D eigenvalue weighted by atomic mass is 9.38. The van der Waals surface area contributed by atoms with Crippen molar-refractivity contribution in [3.8, 4) is 0 Å². The Balaban J connectivity index is 1.44. The summed E-state index contributed by atoms with van der Waals surface area (Å²) in [4.78, 5) is 0. The van der Waals surface area contributed by atoms with Crippen molar-refractivity contribution in [2.24, 2.45) is 45.3 Å². The molecule has 2 nitrogen and oxygen atoms in total. The fraction of sp³-hybridized carbons (Fsp3) is 1.00. The van der Waals surface area contributed by atoms with Crippen LogP contribution >= 0.6 is 0 Å². The monoisotopic (exact) mass is 444 g/mol. The summed E-state index contributed by atoms with van der Waals surface area (Å²) >= 11 is 0. The Morgan fingerprint density at radius 1 is 0.781 bits per heavy atom. The van der Waals surface area contributed by atoms with Gasteiger partial charge in [-0.25, -0.2) is 0 Å². The van der Waals surface area contributed by atoms with Gasteiger partial charge in [0.1, 0.15) is 11.2 Å². The second kappa shape index (κ2) is 6.99. The van der Waals surface area contributed by atoms with Crippen LogP contribution in [0.1, 0.15) is 126 Å². The molecule has 0 spiro atoms. The normalized spacial score (nSPS) is 54.4. The molecule has 0 aromatic rings. The van der Waals surface area contributed by atoms with E-state index in [0.717, 1.165) is 30.6 Å². The Bertz CT molecular complexity index is 758. The molecular formula is C30H52O2. The van der Waals surface area contributed by atoms with Crippen molar-refractivity contribution in [1.82, 2.24) is 0 Å². The molecule has 5 aliphatic rings. The van der Waals surface area contributed by atoms with Gasteiger partial charge in [-0.05, 0) is 85.9 Å². The molecule has 0 radical (unpaired) electrons. The van der Waals surface area contributed by atoms with Crippen molar-refractivity contribution in [2.75, 3.05) is 0 Å². The van der Waals surface area contributed by atoms with Crippen LogP contribution < -0.4 is 0 Å². The van der Waals surface area contributed by atoms with Crippen LogP contribution in [0.4, 0.5) is 0 Å². The van der Waals surface area contributed by atoms with E-state index in [4.69, 9.17) is 4.74 Å². The molecule has 184 valence electrons. The van der Waals surface area contributed by atoms with Gasteiger partial charge < -0.3 is 9.84 Å². The van der Waals surface area contributed by atoms with E-state index >= 15 is 0 Å². The van der Waals surface area contributed by atoms with E-state index in [2.05, 4.69) is 55.4 Å². The molecule has 1 saturated heterocycles. The molecule has 1 aliphatic heterocycles. The van der Waals surface area contributed by atoms with Gasteiger partial charge in [-0.2, -0.15) is 0 Å². The van der Waals surface area contributed by atoms with Crippen molar-refractivity contribution < 1.29 is 9.84 Å². The van der Waals surface area contributed by atoms with Gasteiger partial charge in [-0.3, -0.25) is 0 Å². The van der Waals surface area contributed by atoms with Crippen molar-refractivity contribution in [2.45, 2.75) is 143 Å². The summed E-state index contributed by atoms with van der Waals surface area (Å²) in [6, 6.07) is 0. The predicted molar refractivity (Wildman–Crippen MR) is 132 cm³/mol. The Morgan fingerprint density at radius 3 is 2.19 bits per heavy atom. The summed E-state index contributed by atoms with van der Waals surface area (Å²) in [5.74, 6) is 3.09. The molecule has 2 heteroatoms. The summed E-state index contributed by atoms with van der Waals surface area (Å²) in [5.41, 5.74) is 1.12. The van der Waals surface area contributed by atoms with Gasteiger partial charge in [-0.1, -0.05) is 74.7 Å². The molecule has 0 aromatic heterocycles. The van der Waals surface area contributed by atoms with Gasteiger partial charge in [0.15, 0.2) is 0 Å². The van der Waals surface area contributed by atoms with Gasteiger partial charge in [0.25, 0.3) is 0 Å². The topological polar surface area (TPSA) is 32.8 Å². The van der Waals surface area contributed by atoms with Crippen molar-refractivity contribution in [3.63, 3.8) is 0 Å². The maximum Gasteiger partial charge on any atom is 0.104 e. The van der Waals surface area contributed by atoms with E-state index in [0.29, 0.717) is 16.7 Å². The first kappa shape index (κ1) is 23.7. The molecule has 4 saturated carbocycles. The summed E-state index contributed by atoms with van der Waals surface area (Å²) in [5, 5.41) is 10.9. The van der Waals surface area contributed by atoms with Gasteiger partial charge >= 0.3 is 0 Å². The summed E-state index contributed by atoms with van der Waals surface area (Å²) in [7, 11) is 0. The number of ether oxygens (including phenoxy) is 1. The maximum absolute atomic E-state index is 10.9. The van der Waals surface area contributed by atoms with Crippen molar-refractivity contribution in [3.05, 3.63) is 0 Å². The van der Waals surface area contributed by atoms with Crippen LogP contribution in [0.15, 0.2) is 0 Å². The highest BCUT2D eigenvalue weighted by Gasteiger charge is 2.90. The molecule has 0 unspecified atom stereocenters. The van der Waals surface area contributed by atoms with Crippen LogP contribution in [0.3, 0.4) is 0 Å². The zero-order valence-corrected chi connectivity index (χ0v) is 22.5. The summed E-state index contributed by atoms with van der Waals surface area (Å²) < 4.78 is 7.26. The zero-order valence-electron chi connectivity index (χ0n) is 22.5. The quantitative estimate of drug-likeness (QED) is 0.439. The van der Waals surface area contributed by atoms with Gasteiger partial charge in [0.2, 0.25) is 0 Å². The van der Waals surface area contributed by atoms with E-state index in [9.17, 15) is 5.11 Å². The third-order valence-electron chi connectivity index (χ3n) is 13.2. The number of aliphatic hydroxyl groups excluding tert-OH is 1. The minimum atomic E-state index is -0.157. The minimum Gasteiger partial charge on any atom is -0.393 e. The fourth-order valence-electron chi connectivity index (χ4n) is 11.0. The highest BCUT2D eigenvalue weighted by molar-refractivity contribution is 5.38. The van der Waals surface area contributed by atoms with E-state index in [1.165, 1.54) is 57.8 Å². The highest BCUT2D eigenvalue weighted by Crippen LogP contribution is 2.86. The van der Waals surface area contributed by atoms with Gasteiger partial charge in [0.05, 0.1) is 6.10 Å². The number of aliphatic hydroxyl groups is 1. The Labute approximate surface area is 198 Å². The van der Waals surface area contributed by atoms with E-state index in [1.807, 2.05) is 0 Å². The second-order valence-corrected chi connectivity index (χ2v) is 14.8. The number of epoxide rings is 1. The second-order valence-electron chi connectivity index (χ2n) is 14.8. The van der Waals surface area contributed by atoms with Crippen LogP contribution in [-0.2, 0) is 4.74 Å². The first-order valence-corrected chi connectivity index (χ1v) is 14.2. The molecular weight excluding hydrogens is 392 g/mol. The molecule has 5 fully saturated rings. The Morgan fingerprint density at radius 2 is 1.50 bits per heavy atom. The third-order valence-corrected chi connectivity index (χ3v) is 13.2. The molecule has 32 heavy (non-hydrogen) atoms. The molecule has 0 amide bonds. The molecule has 4 aliphatic carbocycles. The van der Waals surface area contributed by atoms with Gasteiger partial charge in [0, 0.05) is 10.8 Å². The van der Waals surface area contributed by atoms with E-state index < -0.39 is 0 Å². The number of rotatable bonds is 5. The Hall–Kier alpha value is -0.0800. The molecule has 9 atom stereocenters. The molecule has 1 heterocycles. The first-order chi connectivity index (χ1) is 14.8. The lowest BCUT2D eigenvalue weighted by Gasteiger charge is -2.64. The molecule has 1 N–H and O–H groups in total. The zero-order chi connectivity index (χ0) is 23.4. The smallest absolute Gasteiger partial charge is 0.104 e. The van der Waals surface area contributed by atoms with E-state index in [-0.39, 0.29) is 28.1 Å². The van der Waals surface area contributed by atoms with E-state index in [1.54, 1.807) is 0 Å². The summed E-state index contributed by atoms with van der Waals surface area (Å²) in [6.07, 6.45) is 13.9. The van der Waals surface area contributed by atoms with Crippen LogP contribution in [-0.4, -0.2) is 22.4 Å². The van der Waals surface area contributed by atoms with Crippen LogP contribution in [0, 0.1) is 45.3 Å². The minimum absolute atomic E-state index is 0.00462.